The largest absolute Gasteiger partial charge is 0.330 e. The van der Waals surface area contributed by atoms with Gasteiger partial charge in [-0.2, -0.15) is 0 Å². The van der Waals surface area contributed by atoms with Crippen LogP contribution in [0.5, 0.6) is 0 Å². The molecule has 1 fully saturated rings. The number of hydrogen-bond acceptors (Lipinski definition) is 2. The molecule has 0 spiro atoms. The number of thiophene rings is 1. The lowest BCUT2D eigenvalue weighted by Gasteiger charge is -2.16. The summed E-state index contributed by atoms with van der Waals surface area (Å²) in [6, 6.07) is 15.1. The van der Waals surface area contributed by atoms with Crippen molar-refractivity contribution >= 4 is 11.3 Å². The van der Waals surface area contributed by atoms with Gasteiger partial charge in [-0.25, -0.2) is 0 Å². The van der Waals surface area contributed by atoms with E-state index in [1.165, 1.54) is 21.7 Å². The molecule has 1 nitrogen and oxygen atoms in total. The van der Waals surface area contributed by atoms with E-state index in [1.54, 1.807) is 0 Å². The Morgan fingerprint density at radius 1 is 1.11 bits per heavy atom. The Kier molecular flexibility index (Phi) is 2.61. The standard InChI is InChI=1S/C16H19NS/c1-15(2)10-16(15,11-17)14-9-8-13(18-14)12-6-4-3-5-7-12/h3-9H,10-11,17H2,1-2H3. The zero-order valence-corrected chi connectivity index (χ0v) is 11.8. The zero-order valence-electron chi connectivity index (χ0n) is 10.9. The Labute approximate surface area is 113 Å². The molecule has 1 saturated carbocycles. The van der Waals surface area contributed by atoms with Crippen molar-refractivity contribution in [1.82, 2.24) is 0 Å². The highest BCUT2D eigenvalue weighted by Gasteiger charge is 2.61. The Morgan fingerprint density at radius 2 is 1.78 bits per heavy atom. The maximum atomic E-state index is 6.03. The summed E-state index contributed by atoms with van der Waals surface area (Å²) in [6.45, 7) is 5.40. The fourth-order valence-electron chi connectivity index (χ4n) is 2.93. The smallest absolute Gasteiger partial charge is 0.0345 e. The molecule has 0 radical (unpaired) electrons. The van der Waals surface area contributed by atoms with E-state index in [1.807, 2.05) is 11.3 Å². The Balaban J connectivity index is 1.96. The minimum Gasteiger partial charge on any atom is -0.330 e. The van der Waals surface area contributed by atoms with Gasteiger partial charge in [0.05, 0.1) is 0 Å². The molecular formula is C16H19NS. The van der Waals surface area contributed by atoms with Gasteiger partial charge in [-0.05, 0) is 29.5 Å². The summed E-state index contributed by atoms with van der Waals surface area (Å²) in [5, 5.41) is 0. The summed E-state index contributed by atoms with van der Waals surface area (Å²) >= 11 is 1.90. The molecule has 2 aromatic rings. The molecule has 0 bridgehead atoms. The van der Waals surface area contributed by atoms with Crippen LogP contribution < -0.4 is 5.73 Å². The van der Waals surface area contributed by atoms with Crippen LogP contribution in [0.25, 0.3) is 10.4 Å². The van der Waals surface area contributed by atoms with Crippen LogP contribution >= 0.6 is 11.3 Å². The van der Waals surface area contributed by atoms with E-state index < -0.39 is 0 Å². The van der Waals surface area contributed by atoms with Crippen molar-refractivity contribution in [3.63, 3.8) is 0 Å². The van der Waals surface area contributed by atoms with Crippen LogP contribution in [0.1, 0.15) is 25.1 Å². The Hall–Kier alpha value is -1.12. The number of benzene rings is 1. The highest BCUT2D eigenvalue weighted by atomic mass is 32.1. The van der Waals surface area contributed by atoms with E-state index in [-0.39, 0.29) is 5.41 Å². The molecule has 1 unspecified atom stereocenters. The average molecular weight is 257 g/mol. The first-order chi connectivity index (χ1) is 8.59. The van der Waals surface area contributed by atoms with E-state index in [2.05, 4.69) is 56.3 Å². The third kappa shape index (κ3) is 1.63. The zero-order chi connectivity index (χ0) is 12.8. The predicted octanol–water partition coefficient (Wildman–Crippen LogP) is 4.04. The molecule has 1 aromatic heterocycles. The van der Waals surface area contributed by atoms with Crippen molar-refractivity contribution < 1.29 is 0 Å². The van der Waals surface area contributed by atoms with Gasteiger partial charge in [0.2, 0.25) is 0 Å². The Bertz CT molecular complexity index is 555. The van der Waals surface area contributed by atoms with Crippen LogP contribution in [-0.2, 0) is 5.41 Å². The maximum Gasteiger partial charge on any atom is 0.0345 e. The third-order valence-electron chi connectivity index (χ3n) is 4.40. The topological polar surface area (TPSA) is 26.0 Å². The summed E-state index contributed by atoms with van der Waals surface area (Å²) in [6.07, 6.45) is 1.21. The van der Waals surface area contributed by atoms with E-state index in [9.17, 15) is 0 Å². The number of nitrogens with two attached hydrogens (primary N) is 1. The normalized spacial score (nSPS) is 25.1. The second kappa shape index (κ2) is 3.94. The van der Waals surface area contributed by atoms with Gasteiger partial charge in [-0.3, -0.25) is 0 Å². The van der Waals surface area contributed by atoms with Gasteiger partial charge in [0.25, 0.3) is 0 Å². The molecule has 1 aromatic carbocycles. The second-order valence-corrected chi connectivity index (χ2v) is 6.96. The second-order valence-electron chi connectivity index (χ2n) is 5.88. The van der Waals surface area contributed by atoms with Crippen LogP contribution in [0.3, 0.4) is 0 Å². The van der Waals surface area contributed by atoms with Crippen LogP contribution in [0.2, 0.25) is 0 Å². The van der Waals surface area contributed by atoms with Gasteiger partial charge in [0, 0.05) is 21.7 Å². The summed E-state index contributed by atoms with van der Waals surface area (Å²) in [5.41, 5.74) is 7.92. The van der Waals surface area contributed by atoms with E-state index in [0.717, 1.165) is 6.54 Å². The molecule has 0 saturated heterocycles. The molecule has 0 aliphatic heterocycles. The van der Waals surface area contributed by atoms with Crippen LogP contribution in [0, 0.1) is 5.41 Å². The minimum absolute atomic E-state index is 0.227. The third-order valence-corrected chi connectivity index (χ3v) is 5.74. The molecule has 2 N–H and O–H groups in total. The molecule has 1 aliphatic rings. The van der Waals surface area contributed by atoms with Crippen LogP contribution in [0.15, 0.2) is 42.5 Å². The van der Waals surface area contributed by atoms with E-state index >= 15 is 0 Å². The molecule has 1 heterocycles. The quantitative estimate of drug-likeness (QED) is 0.882. The van der Waals surface area contributed by atoms with Gasteiger partial charge < -0.3 is 5.73 Å². The predicted molar refractivity (Wildman–Crippen MR) is 78.9 cm³/mol. The molecule has 94 valence electrons. The van der Waals surface area contributed by atoms with Crippen molar-refractivity contribution in [2.24, 2.45) is 11.1 Å². The first-order valence-electron chi connectivity index (χ1n) is 6.45. The monoisotopic (exact) mass is 257 g/mol. The first kappa shape index (κ1) is 11.9. The lowest BCUT2D eigenvalue weighted by Crippen LogP contribution is -2.24. The fourth-order valence-corrected chi connectivity index (χ4v) is 4.32. The van der Waals surface area contributed by atoms with Crippen molar-refractivity contribution in [2.45, 2.75) is 25.7 Å². The lowest BCUT2D eigenvalue weighted by molar-refractivity contribution is 0.509. The summed E-state index contributed by atoms with van der Waals surface area (Å²) < 4.78 is 0. The molecular weight excluding hydrogens is 238 g/mol. The lowest BCUT2D eigenvalue weighted by atomic mass is 9.94. The van der Waals surface area contributed by atoms with Crippen LogP contribution in [-0.4, -0.2) is 6.54 Å². The minimum atomic E-state index is 0.227. The van der Waals surface area contributed by atoms with Gasteiger partial charge in [0.1, 0.15) is 0 Å². The number of rotatable bonds is 3. The van der Waals surface area contributed by atoms with Crippen molar-refractivity contribution in [3.8, 4) is 10.4 Å². The van der Waals surface area contributed by atoms with Gasteiger partial charge in [-0.1, -0.05) is 44.2 Å². The first-order valence-corrected chi connectivity index (χ1v) is 7.27. The summed E-state index contributed by atoms with van der Waals surface area (Å²) in [7, 11) is 0. The van der Waals surface area contributed by atoms with E-state index in [0.29, 0.717) is 5.41 Å². The SMILES string of the molecule is CC1(C)CC1(CN)c1ccc(-c2ccccc2)s1. The van der Waals surface area contributed by atoms with Crippen molar-refractivity contribution in [1.29, 1.82) is 0 Å². The maximum absolute atomic E-state index is 6.03. The fraction of sp³-hybridized carbons (Fsp3) is 0.375. The highest BCUT2D eigenvalue weighted by Crippen LogP contribution is 2.65. The summed E-state index contributed by atoms with van der Waals surface area (Å²) in [4.78, 5) is 2.80. The van der Waals surface area contributed by atoms with Gasteiger partial charge >= 0.3 is 0 Å². The molecule has 1 aliphatic carbocycles. The molecule has 18 heavy (non-hydrogen) atoms. The molecule has 0 amide bonds. The van der Waals surface area contributed by atoms with Crippen molar-refractivity contribution in [2.75, 3.05) is 6.54 Å². The van der Waals surface area contributed by atoms with Gasteiger partial charge in [-0.15, -0.1) is 11.3 Å². The Morgan fingerprint density at radius 3 is 2.33 bits per heavy atom. The van der Waals surface area contributed by atoms with Crippen LogP contribution in [0.4, 0.5) is 0 Å². The molecule has 1 atom stereocenters. The van der Waals surface area contributed by atoms with E-state index in [4.69, 9.17) is 5.73 Å². The van der Waals surface area contributed by atoms with Gasteiger partial charge in [0.15, 0.2) is 0 Å². The average Bonchev–Trinajstić information content (AvgIpc) is 2.78. The molecule has 3 rings (SSSR count). The van der Waals surface area contributed by atoms with Crippen molar-refractivity contribution in [3.05, 3.63) is 47.3 Å². The molecule has 2 heteroatoms. The number of hydrogen-bond donors (Lipinski definition) is 1. The summed E-state index contributed by atoms with van der Waals surface area (Å²) in [5.74, 6) is 0. The highest BCUT2D eigenvalue weighted by molar-refractivity contribution is 7.15.